The molecule has 1 saturated carbocycles. The molecule has 0 aromatic heterocycles. The molecule has 3 heteroatoms. The molecule has 0 aromatic rings. The Morgan fingerprint density at radius 1 is 1.21 bits per heavy atom. The van der Waals surface area contributed by atoms with Crippen molar-refractivity contribution in [3.8, 4) is 0 Å². The zero-order valence-corrected chi connectivity index (χ0v) is 9.56. The number of aliphatic hydroxyl groups is 1. The fourth-order valence-corrected chi connectivity index (χ4v) is 3.62. The van der Waals surface area contributed by atoms with E-state index in [4.69, 9.17) is 0 Å². The quantitative estimate of drug-likeness (QED) is 0.750. The Hall–Kier alpha value is 0.270. The molecule has 3 atom stereocenters. The third-order valence-corrected chi connectivity index (χ3v) is 4.69. The Labute approximate surface area is 90.8 Å². The van der Waals surface area contributed by atoms with Crippen molar-refractivity contribution in [3.63, 3.8) is 0 Å². The van der Waals surface area contributed by atoms with E-state index in [0.29, 0.717) is 6.04 Å². The lowest BCUT2D eigenvalue weighted by atomic mass is 10.0. The molecule has 2 nitrogen and oxygen atoms in total. The Morgan fingerprint density at radius 3 is 2.79 bits per heavy atom. The summed E-state index contributed by atoms with van der Waals surface area (Å²) in [5.41, 5.74) is 0. The van der Waals surface area contributed by atoms with Crippen LogP contribution in [0.5, 0.6) is 0 Å². The van der Waals surface area contributed by atoms with E-state index in [2.05, 4.69) is 17.1 Å². The van der Waals surface area contributed by atoms with E-state index in [-0.39, 0.29) is 6.10 Å². The average Bonchev–Trinajstić information content (AvgIpc) is 2.63. The van der Waals surface area contributed by atoms with E-state index in [1.165, 1.54) is 37.2 Å². The largest absolute Gasteiger partial charge is 0.392 e. The van der Waals surface area contributed by atoms with Gasteiger partial charge in [0.1, 0.15) is 0 Å². The standard InChI is InChI=1S/C11H21NOS/c13-11-5-1-4-10(11)12-7-9-3-2-6-14-8-9/h9-13H,1-8H2. The maximum absolute atomic E-state index is 9.65. The summed E-state index contributed by atoms with van der Waals surface area (Å²) in [6.45, 7) is 1.12. The number of hydrogen-bond donors (Lipinski definition) is 2. The topological polar surface area (TPSA) is 32.3 Å². The molecule has 2 rings (SSSR count). The molecular weight excluding hydrogens is 194 g/mol. The van der Waals surface area contributed by atoms with Crippen molar-refractivity contribution in [2.45, 2.75) is 44.2 Å². The van der Waals surface area contributed by atoms with E-state index < -0.39 is 0 Å². The molecule has 82 valence electrons. The monoisotopic (exact) mass is 215 g/mol. The van der Waals surface area contributed by atoms with Gasteiger partial charge in [-0.3, -0.25) is 0 Å². The van der Waals surface area contributed by atoms with Crippen molar-refractivity contribution < 1.29 is 5.11 Å². The van der Waals surface area contributed by atoms with Gasteiger partial charge in [0.25, 0.3) is 0 Å². The van der Waals surface area contributed by atoms with E-state index in [1.807, 2.05) is 0 Å². The van der Waals surface area contributed by atoms with Gasteiger partial charge in [-0.25, -0.2) is 0 Å². The zero-order chi connectivity index (χ0) is 9.80. The van der Waals surface area contributed by atoms with Crippen LogP contribution in [0.3, 0.4) is 0 Å². The molecule has 0 spiro atoms. The minimum absolute atomic E-state index is 0.0776. The fourth-order valence-electron chi connectivity index (χ4n) is 2.47. The van der Waals surface area contributed by atoms with Gasteiger partial charge in [-0.2, -0.15) is 11.8 Å². The van der Waals surface area contributed by atoms with Crippen molar-refractivity contribution in [2.75, 3.05) is 18.1 Å². The lowest BCUT2D eigenvalue weighted by molar-refractivity contribution is 0.147. The maximum atomic E-state index is 9.65. The molecule has 0 radical (unpaired) electrons. The van der Waals surface area contributed by atoms with Crippen LogP contribution in [0.15, 0.2) is 0 Å². The highest BCUT2D eigenvalue weighted by Gasteiger charge is 2.25. The average molecular weight is 215 g/mol. The molecule has 1 saturated heterocycles. The van der Waals surface area contributed by atoms with Crippen LogP contribution >= 0.6 is 11.8 Å². The second-order valence-corrected chi connectivity index (χ2v) is 5.75. The first-order valence-electron chi connectivity index (χ1n) is 5.85. The van der Waals surface area contributed by atoms with Crippen LogP contribution in [0.4, 0.5) is 0 Å². The van der Waals surface area contributed by atoms with Gasteiger partial charge in [0.2, 0.25) is 0 Å². The minimum atomic E-state index is -0.0776. The van der Waals surface area contributed by atoms with Crippen molar-refractivity contribution in [1.82, 2.24) is 5.32 Å². The maximum Gasteiger partial charge on any atom is 0.0693 e. The number of rotatable bonds is 3. The molecule has 1 aliphatic heterocycles. The Balaban J connectivity index is 1.65. The fraction of sp³-hybridized carbons (Fsp3) is 1.00. The summed E-state index contributed by atoms with van der Waals surface area (Å²) in [7, 11) is 0. The van der Waals surface area contributed by atoms with Crippen molar-refractivity contribution in [3.05, 3.63) is 0 Å². The second-order valence-electron chi connectivity index (χ2n) is 4.60. The molecule has 2 fully saturated rings. The van der Waals surface area contributed by atoms with Gasteiger partial charge in [0.15, 0.2) is 0 Å². The third kappa shape index (κ3) is 2.88. The molecule has 0 amide bonds. The molecule has 2 N–H and O–H groups in total. The van der Waals surface area contributed by atoms with E-state index in [0.717, 1.165) is 18.9 Å². The van der Waals surface area contributed by atoms with Crippen LogP contribution in [0, 0.1) is 5.92 Å². The molecular formula is C11H21NOS. The summed E-state index contributed by atoms with van der Waals surface area (Å²) in [5, 5.41) is 13.2. The van der Waals surface area contributed by atoms with Crippen LogP contribution in [0.1, 0.15) is 32.1 Å². The van der Waals surface area contributed by atoms with Crippen LogP contribution in [0.2, 0.25) is 0 Å². The zero-order valence-electron chi connectivity index (χ0n) is 8.74. The summed E-state index contributed by atoms with van der Waals surface area (Å²) in [5.74, 6) is 3.51. The summed E-state index contributed by atoms with van der Waals surface area (Å²) in [6, 6.07) is 0.391. The second kappa shape index (κ2) is 5.38. The lowest BCUT2D eigenvalue weighted by Crippen LogP contribution is -2.39. The molecule has 3 unspecified atom stereocenters. The van der Waals surface area contributed by atoms with Gasteiger partial charge < -0.3 is 10.4 Å². The highest BCUT2D eigenvalue weighted by atomic mass is 32.2. The van der Waals surface area contributed by atoms with Crippen LogP contribution in [-0.2, 0) is 0 Å². The lowest BCUT2D eigenvalue weighted by Gasteiger charge is -2.24. The first-order valence-corrected chi connectivity index (χ1v) is 7.01. The van der Waals surface area contributed by atoms with E-state index >= 15 is 0 Å². The molecule has 1 heterocycles. The molecule has 2 aliphatic rings. The summed E-state index contributed by atoms with van der Waals surface area (Å²) >= 11 is 2.08. The Morgan fingerprint density at radius 2 is 2.14 bits per heavy atom. The van der Waals surface area contributed by atoms with Crippen LogP contribution < -0.4 is 5.32 Å². The van der Waals surface area contributed by atoms with Crippen LogP contribution in [-0.4, -0.2) is 35.3 Å². The first-order chi connectivity index (χ1) is 6.86. The van der Waals surface area contributed by atoms with Gasteiger partial charge in [0.05, 0.1) is 6.10 Å². The predicted molar refractivity (Wildman–Crippen MR) is 61.7 cm³/mol. The van der Waals surface area contributed by atoms with Gasteiger partial charge in [-0.1, -0.05) is 0 Å². The minimum Gasteiger partial charge on any atom is -0.392 e. The summed E-state index contributed by atoms with van der Waals surface area (Å²) in [6.07, 6.45) is 6.04. The number of hydrogen-bond acceptors (Lipinski definition) is 3. The van der Waals surface area contributed by atoms with E-state index in [1.54, 1.807) is 0 Å². The van der Waals surface area contributed by atoms with Crippen molar-refractivity contribution in [1.29, 1.82) is 0 Å². The van der Waals surface area contributed by atoms with E-state index in [9.17, 15) is 5.11 Å². The SMILES string of the molecule is OC1CCCC1NCC1CCCSC1. The smallest absolute Gasteiger partial charge is 0.0693 e. The highest BCUT2D eigenvalue weighted by molar-refractivity contribution is 7.99. The van der Waals surface area contributed by atoms with Gasteiger partial charge in [-0.05, 0) is 56.1 Å². The van der Waals surface area contributed by atoms with Gasteiger partial charge in [-0.15, -0.1) is 0 Å². The van der Waals surface area contributed by atoms with Gasteiger partial charge >= 0.3 is 0 Å². The van der Waals surface area contributed by atoms with Crippen molar-refractivity contribution >= 4 is 11.8 Å². The first kappa shape index (κ1) is 10.8. The number of nitrogens with one attached hydrogen (secondary N) is 1. The Kier molecular flexibility index (Phi) is 4.14. The summed E-state index contributed by atoms with van der Waals surface area (Å²) in [4.78, 5) is 0. The van der Waals surface area contributed by atoms with Crippen LogP contribution in [0.25, 0.3) is 0 Å². The molecule has 0 bridgehead atoms. The number of thioether (sulfide) groups is 1. The molecule has 1 aliphatic carbocycles. The van der Waals surface area contributed by atoms with Gasteiger partial charge in [0, 0.05) is 6.04 Å². The Bertz CT molecular complexity index is 171. The number of aliphatic hydroxyl groups excluding tert-OH is 1. The molecule has 14 heavy (non-hydrogen) atoms. The van der Waals surface area contributed by atoms with Crippen molar-refractivity contribution in [2.24, 2.45) is 5.92 Å². The normalized spacial score (nSPS) is 38.8. The predicted octanol–water partition coefficient (Wildman–Crippen LogP) is 1.63. The third-order valence-electron chi connectivity index (χ3n) is 3.40. The summed E-state index contributed by atoms with van der Waals surface area (Å²) < 4.78 is 0. The molecule has 0 aromatic carbocycles. The highest BCUT2D eigenvalue weighted by Crippen LogP contribution is 2.23.